The lowest BCUT2D eigenvalue weighted by molar-refractivity contribution is -0.127. The lowest BCUT2D eigenvalue weighted by atomic mass is 10.0. The van der Waals surface area contributed by atoms with Crippen LogP contribution in [0.25, 0.3) is 0 Å². The van der Waals surface area contributed by atoms with Gasteiger partial charge in [-0.15, -0.1) is 0 Å². The Bertz CT molecular complexity index is 818. The van der Waals surface area contributed by atoms with Crippen molar-refractivity contribution in [3.8, 4) is 17.2 Å². The molecular weight excluding hydrogens is 354 g/mol. The average Bonchev–Trinajstić information content (AvgIpc) is 2.92. The zero-order valence-electron chi connectivity index (χ0n) is 17.0. The standard InChI is InChI=1S/C23H29NO4/c1-15(2)18-7-5-8-20(13-18)28-17(4)23(25)24-16(3)19-9-10-21-22(14-19)27-12-6-11-26-21/h5,7-10,13-17H,6,11-12H2,1-4H3,(H,24,25). The fourth-order valence-electron chi connectivity index (χ4n) is 3.07. The molecule has 1 N–H and O–H groups in total. The van der Waals surface area contributed by atoms with Gasteiger partial charge in [0.25, 0.3) is 5.91 Å². The fraction of sp³-hybridized carbons (Fsp3) is 0.435. The predicted octanol–water partition coefficient (Wildman–Crippen LogP) is 4.62. The van der Waals surface area contributed by atoms with E-state index in [0.29, 0.717) is 24.9 Å². The van der Waals surface area contributed by atoms with E-state index in [1.54, 1.807) is 6.92 Å². The van der Waals surface area contributed by atoms with E-state index in [2.05, 4.69) is 25.2 Å². The summed E-state index contributed by atoms with van der Waals surface area (Å²) in [5.74, 6) is 2.44. The van der Waals surface area contributed by atoms with Gasteiger partial charge in [-0.1, -0.05) is 32.0 Å². The van der Waals surface area contributed by atoms with Crippen LogP contribution < -0.4 is 19.5 Å². The molecule has 28 heavy (non-hydrogen) atoms. The van der Waals surface area contributed by atoms with Gasteiger partial charge in [-0.25, -0.2) is 0 Å². The highest BCUT2D eigenvalue weighted by Crippen LogP contribution is 2.32. The summed E-state index contributed by atoms with van der Waals surface area (Å²) in [5.41, 5.74) is 2.15. The van der Waals surface area contributed by atoms with Gasteiger partial charge < -0.3 is 19.5 Å². The van der Waals surface area contributed by atoms with Gasteiger partial charge in [-0.3, -0.25) is 4.79 Å². The molecule has 2 atom stereocenters. The van der Waals surface area contributed by atoms with Gasteiger partial charge in [0.15, 0.2) is 17.6 Å². The maximum atomic E-state index is 12.6. The van der Waals surface area contributed by atoms with E-state index in [1.165, 1.54) is 5.56 Å². The van der Waals surface area contributed by atoms with Crippen LogP contribution in [-0.4, -0.2) is 25.2 Å². The van der Waals surface area contributed by atoms with Gasteiger partial charge in [0, 0.05) is 6.42 Å². The number of hydrogen-bond acceptors (Lipinski definition) is 4. The van der Waals surface area contributed by atoms with Crippen molar-refractivity contribution < 1.29 is 19.0 Å². The van der Waals surface area contributed by atoms with E-state index in [0.717, 1.165) is 23.5 Å². The van der Waals surface area contributed by atoms with Crippen LogP contribution in [0.4, 0.5) is 0 Å². The molecule has 0 aromatic heterocycles. The zero-order chi connectivity index (χ0) is 20.1. The second-order valence-corrected chi connectivity index (χ2v) is 7.47. The Hall–Kier alpha value is -2.69. The molecule has 0 radical (unpaired) electrons. The van der Waals surface area contributed by atoms with Crippen molar-refractivity contribution in [3.63, 3.8) is 0 Å². The molecule has 2 aromatic carbocycles. The van der Waals surface area contributed by atoms with Crippen molar-refractivity contribution in [2.24, 2.45) is 0 Å². The Morgan fingerprint density at radius 1 is 0.964 bits per heavy atom. The number of benzene rings is 2. The monoisotopic (exact) mass is 383 g/mol. The van der Waals surface area contributed by atoms with Crippen LogP contribution in [0.15, 0.2) is 42.5 Å². The Labute approximate surface area is 167 Å². The number of nitrogens with one attached hydrogen (secondary N) is 1. The van der Waals surface area contributed by atoms with Crippen molar-refractivity contribution in [2.45, 2.75) is 52.2 Å². The second kappa shape index (κ2) is 9.00. The molecule has 0 bridgehead atoms. The van der Waals surface area contributed by atoms with Crippen molar-refractivity contribution in [1.82, 2.24) is 5.32 Å². The van der Waals surface area contributed by atoms with Crippen molar-refractivity contribution in [3.05, 3.63) is 53.6 Å². The summed E-state index contributed by atoms with van der Waals surface area (Å²) in [4.78, 5) is 12.6. The van der Waals surface area contributed by atoms with E-state index in [-0.39, 0.29) is 11.9 Å². The molecule has 0 aliphatic carbocycles. The molecule has 0 saturated heterocycles. The molecule has 0 spiro atoms. The molecule has 2 unspecified atom stereocenters. The molecule has 3 rings (SSSR count). The summed E-state index contributed by atoms with van der Waals surface area (Å²) < 4.78 is 17.3. The van der Waals surface area contributed by atoms with Crippen LogP contribution in [-0.2, 0) is 4.79 Å². The first-order valence-electron chi connectivity index (χ1n) is 9.90. The van der Waals surface area contributed by atoms with Crippen LogP contribution >= 0.6 is 0 Å². The quantitative estimate of drug-likeness (QED) is 0.791. The largest absolute Gasteiger partial charge is 0.490 e. The van der Waals surface area contributed by atoms with Gasteiger partial charge in [0.2, 0.25) is 0 Å². The Morgan fingerprint density at radius 3 is 2.46 bits per heavy atom. The second-order valence-electron chi connectivity index (χ2n) is 7.47. The summed E-state index contributed by atoms with van der Waals surface area (Å²) in [7, 11) is 0. The molecular formula is C23H29NO4. The summed E-state index contributed by atoms with van der Waals surface area (Å²) in [5, 5.41) is 3.02. The van der Waals surface area contributed by atoms with Crippen LogP contribution in [0.5, 0.6) is 17.2 Å². The molecule has 1 heterocycles. The van der Waals surface area contributed by atoms with Crippen molar-refractivity contribution >= 4 is 5.91 Å². The summed E-state index contributed by atoms with van der Waals surface area (Å²) in [6, 6.07) is 13.5. The smallest absolute Gasteiger partial charge is 0.261 e. The minimum Gasteiger partial charge on any atom is -0.490 e. The third kappa shape index (κ3) is 4.97. The summed E-state index contributed by atoms with van der Waals surface area (Å²) in [6.45, 7) is 9.27. The van der Waals surface area contributed by atoms with E-state index in [9.17, 15) is 4.79 Å². The zero-order valence-corrected chi connectivity index (χ0v) is 17.0. The number of fused-ring (bicyclic) bond motifs is 1. The maximum absolute atomic E-state index is 12.6. The third-order valence-corrected chi connectivity index (χ3v) is 4.84. The number of hydrogen-bond donors (Lipinski definition) is 1. The molecule has 1 aliphatic heterocycles. The Balaban J connectivity index is 1.62. The molecule has 5 nitrogen and oxygen atoms in total. The van der Waals surface area contributed by atoms with Gasteiger partial charge in [-0.2, -0.15) is 0 Å². The van der Waals surface area contributed by atoms with Crippen LogP contribution in [0.1, 0.15) is 57.2 Å². The van der Waals surface area contributed by atoms with E-state index in [1.807, 2.05) is 43.3 Å². The Kier molecular flexibility index (Phi) is 6.45. The minimum absolute atomic E-state index is 0.158. The van der Waals surface area contributed by atoms with Gasteiger partial charge in [0.1, 0.15) is 5.75 Å². The molecule has 0 fully saturated rings. The van der Waals surface area contributed by atoms with E-state index in [4.69, 9.17) is 14.2 Å². The van der Waals surface area contributed by atoms with Crippen LogP contribution in [0, 0.1) is 0 Å². The number of amides is 1. The minimum atomic E-state index is -0.592. The molecule has 1 amide bonds. The highest BCUT2D eigenvalue weighted by atomic mass is 16.5. The Morgan fingerprint density at radius 2 is 1.71 bits per heavy atom. The average molecular weight is 383 g/mol. The highest BCUT2D eigenvalue weighted by Gasteiger charge is 2.19. The SMILES string of the molecule is CC(Oc1cccc(C(C)C)c1)C(=O)NC(C)c1ccc2c(c1)OCCCO2. The molecule has 150 valence electrons. The molecule has 5 heteroatoms. The van der Waals surface area contributed by atoms with E-state index >= 15 is 0 Å². The lowest BCUT2D eigenvalue weighted by Crippen LogP contribution is -2.37. The number of ether oxygens (including phenoxy) is 3. The van der Waals surface area contributed by atoms with Crippen LogP contribution in [0.2, 0.25) is 0 Å². The molecule has 2 aromatic rings. The number of carbonyl (C=O) groups excluding carboxylic acids is 1. The van der Waals surface area contributed by atoms with Gasteiger partial charge in [-0.05, 0) is 55.2 Å². The number of rotatable bonds is 6. The first-order valence-corrected chi connectivity index (χ1v) is 9.90. The van der Waals surface area contributed by atoms with Crippen LogP contribution in [0.3, 0.4) is 0 Å². The van der Waals surface area contributed by atoms with Crippen molar-refractivity contribution in [1.29, 1.82) is 0 Å². The van der Waals surface area contributed by atoms with Crippen molar-refractivity contribution in [2.75, 3.05) is 13.2 Å². The fourth-order valence-corrected chi connectivity index (χ4v) is 3.07. The topological polar surface area (TPSA) is 56.8 Å². The molecule has 1 aliphatic rings. The first-order chi connectivity index (χ1) is 13.4. The predicted molar refractivity (Wildman–Crippen MR) is 109 cm³/mol. The maximum Gasteiger partial charge on any atom is 0.261 e. The van der Waals surface area contributed by atoms with Gasteiger partial charge >= 0.3 is 0 Å². The van der Waals surface area contributed by atoms with E-state index < -0.39 is 6.10 Å². The highest BCUT2D eigenvalue weighted by molar-refractivity contribution is 5.81. The summed E-state index contributed by atoms with van der Waals surface area (Å²) >= 11 is 0. The first kappa shape index (κ1) is 20.1. The third-order valence-electron chi connectivity index (χ3n) is 4.84. The van der Waals surface area contributed by atoms with Gasteiger partial charge in [0.05, 0.1) is 19.3 Å². The lowest BCUT2D eigenvalue weighted by Gasteiger charge is -2.20. The molecule has 0 saturated carbocycles. The summed E-state index contributed by atoms with van der Waals surface area (Å²) in [6.07, 6.45) is 0.272. The number of carbonyl (C=O) groups is 1. The normalized spacial score (nSPS) is 15.5.